The quantitative estimate of drug-likeness (QED) is 0.679. The van der Waals surface area contributed by atoms with Crippen LogP contribution in [0.2, 0.25) is 0 Å². The molecule has 2 unspecified atom stereocenters. The van der Waals surface area contributed by atoms with Gasteiger partial charge < -0.3 is 15.2 Å². The molecular weight excluding hydrogens is 182 g/mol. The Bertz CT molecular complexity index is 213. The number of ether oxygens (including phenoxy) is 1. The van der Waals surface area contributed by atoms with Crippen LogP contribution in [0.1, 0.15) is 19.3 Å². The van der Waals surface area contributed by atoms with E-state index in [1.165, 1.54) is 0 Å². The van der Waals surface area contributed by atoms with Crippen LogP contribution in [0.25, 0.3) is 0 Å². The van der Waals surface area contributed by atoms with E-state index < -0.39 is 5.97 Å². The van der Waals surface area contributed by atoms with Crippen LogP contribution in [0.3, 0.4) is 0 Å². The van der Waals surface area contributed by atoms with Crippen molar-refractivity contribution in [1.82, 2.24) is 5.32 Å². The van der Waals surface area contributed by atoms with Crippen molar-refractivity contribution in [3.63, 3.8) is 0 Å². The van der Waals surface area contributed by atoms with E-state index in [9.17, 15) is 4.79 Å². The van der Waals surface area contributed by atoms with E-state index in [2.05, 4.69) is 5.32 Å². The molecular formula is C10H17NO3. The molecule has 2 aliphatic heterocycles. The van der Waals surface area contributed by atoms with Gasteiger partial charge in [-0.15, -0.1) is 0 Å². The molecule has 2 fully saturated rings. The lowest BCUT2D eigenvalue weighted by atomic mass is 9.84. The summed E-state index contributed by atoms with van der Waals surface area (Å²) in [6, 6.07) is -0.317. The number of aliphatic carboxylic acids is 1. The van der Waals surface area contributed by atoms with Crippen molar-refractivity contribution in [2.24, 2.45) is 11.8 Å². The first-order chi connectivity index (χ1) is 6.77. The van der Waals surface area contributed by atoms with Crippen molar-refractivity contribution in [1.29, 1.82) is 0 Å². The van der Waals surface area contributed by atoms with Crippen LogP contribution in [-0.4, -0.2) is 36.9 Å². The summed E-state index contributed by atoms with van der Waals surface area (Å²) >= 11 is 0. The molecule has 2 saturated heterocycles. The van der Waals surface area contributed by atoms with Crippen LogP contribution < -0.4 is 5.32 Å². The second kappa shape index (κ2) is 4.28. The molecule has 2 heterocycles. The Morgan fingerprint density at radius 2 is 2.00 bits per heavy atom. The average molecular weight is 199 g/mol. The normalized spacial score (nSPS) is 34.6. The monoisotopic (exact) mass is 199 g/mol. The second-order valence-electron chi connectivity index (χ2n) is 4.24. The van der Waals surface area contributed by atoms with Crippen molar-refractivity contribution in [3.8, 4) is 0 Å². The number of hydrogen-bond donors (Lipinski definition) is 2. The number of carbonyl (C=O) groups is 1. The Morgan fingerprint density at radius 1 is 1.29 bits per heavy atom. The van der Waals surface area contributed by atoms with Gasteiger partial charge in [-0.2, -0.15) is 0 Å². The van der Waals surface area contributed by atoms with Gasteiger partial charge in [0.1, 0.15) is 6.04 Å². The Kier molecular flexibility index (Phi) is 3.03. The van der Waals surface area contributed by atoms with Gasteiger partial charge in [-0.05, 0) is 37.6 Å². The summed E-state index contributed by atoms with van der Waals surface area (Å²) in [5, 5.41) is 11.9. The molecule has 0 spiro atoms. The van der Waals surface area contributed by atoms with E-state index in [1.807, 2.05) is 0 Å². The van der Waals surface area contributed by atoms with Gasteiger partial charge in [-0.3, -0.25) is 4.79 Å². The standard InChI is InChI=1S/C10H17NO3/c12-10(13)9-5-8(6-11-9)7-1-3-14-4-2-7/h7-9,11H,1-6H2,(H,12,13). The molecule has 2 aliphatic rings. The number of rotatable bonds is 2. The molecule has 4 heteroatoms. The molecule has 2 N–H and O–H groups in total. The molecule has 0 saturated carbocycles. The fourth-order valence-corrected chi connectivity index (χ4v) is 2.50. The topological polar surface area (TPSA) is 58.6 Å². The SMILES string of the molecule is O=C(O)C1CC(C2CCOCC2)CN1. The third-order valence-electron chi connectivity index (χ3n) is 3.40. The minimum atomic E-state index is -0.709. The van der Waals surface area contributed by atoms with Crippen molar-refractivity contribution in [2.75, 3.05) is 19.8 Å². The highest BCUT2D eigenvalue weighted by molar-refractivity contribution is 5.73. The Balaban J connectivity index is 1.85. The van der Waals surface area contributed by atoms with E-state index in [-0.39, 0.29) is 6.04 Å². The zero-order valence-corrected chi connectivity index (χ0v) is 8.24. The molecule has 4 nitrogen and oxygen atoms in total. The van der Waals surface area contributed by atoms with Crippen LogP contribution in [0.5, 0.6) is 0 Å². The fourth-order valence-electron chi connectivity index (χ4n) is 2.50. The zero-order chi connectivity index (χ0) is 9.97. The molecule has 0 amide bonds. The van der Waals surface area contributed by atoms with Crippen LogP contribution in [0.4, 0.5) is 0 Å². The number of hydrogen-bond acceptors (Lipinski definition) is 3. The third-order valence-corrected chi connectivity index (χ3v) is 3.40. The molecule has 0 radical (unpaired) electrons. The van der Waals surface area contributed by atoms with Crippen LogP contribution in [0.15, 0.2) is 0 Å². The summed E-state index contributed by atoms with van der Waals surface area (Å²) in [4.78, 5) is 10.7. The summed E-state index contributed by atoms with van der Waals surface area (Å²) in [6.45, 7) is 2.56. The average Bonchev–Trinajstić information content (AvgIpc) is 2.68. The maximum absolute atomic E-state index is 10.7. The van der Waals surface area contributed by atoms with Crippen LogP contribution in [-0.2, 0) is 9.53 Å². The highest BCUT2D eigenvalue weighted by Crippen LogP contribution is 2.29. The Hall–Kier alpha value is -0.610. The van der Waals surface area contributed by atoms with E-state index in [1.54, 1.807) is 0 Å². The number of carboxylic acids is 1. The van der Waals surface area contributed by atoms with Crippen molar-refractivity contribution >= 4 is 5.97 Å². The maximum atomic E-state index is 10.7. The van der Waals surface area contributed by atoms with E-state index in [4.69, 9.17) is 9.84 Å². The maximum Gasteiger partial charge on any atom is 0.320 e. The lowest BCUT2D eigenvalue weighted by Gasteiger charge is -2.26. The summed E-state index contributed by atoms with van der Waals surface area (Å²) < 4.78 is 5.30. The van der Waals surface area contributed by atoms with Gasteiger partial charge in [0.05, 0.1) is 0 Å². The third kappa shape index (κ3) is 2.07. The number of carboxylic acid groups (broad SMARTS) is 1. The predicted octanol–water partition coefficient (Wildman–Crippen LogP) is 0.476. The first kappa shape index (κ1) is 9.93. The minimum Gasteiger partial charge on any atom is -0.480 e. The second-order valence-corrected chi connectivity index (χ2v) is 4.24. The molecule has 0 aromatic heterocycles. The van der Waals surface area contributed by atoms with Gasteiger partial charge in [0.2, 0.25) is 0 Å². The van der Waals surface area contributed by atoms with Crippen molar-refractivity contribution in [3.05, 3.63) is 0 Å². The molecule has 14 heavy (non-hydrogen) atoms. The molecule has 0 aromatic rings. The first-order valence-electron chi connectivity index (χ1n) is 5.31. The molecule has 0 aliphatic carbocycles. The van der Waals surface area contributed by atoms with Gasteiger partial charge in [0.25, 0.3) is 0 Å². The van der Waals surface area contributed by atoms with E-state index >= 15 is 0 Å². The summed E-state index contributed by atoms with van der Waals surface area (Å²) in [7, 11) is 0. The van der Waals surface area contributed by atoms with Gasteiger partial charge in [0, 0.05) is 13.2 Å². The lowest BCUT2D eigenvalue weighted by Crippen LogP contribution is -2.30. The van der Waals surface area contributed by atoms with E-state index in [0.29, 0.717) is 11.8 Å². The fraction of sp³-hybridized carbons (Fsp3) is 0.900. The molecule has 0 bridgehead atoms. The molecule has 80 valence electrons. The first-order valence-corrected chi connectivity index (χ1v) is 5.31. The van der Waals surface area contributed by atoms with Gasteiger partial charge in [-0.1, -0.05) is 0 Å². The van der Waals surface area contributed by atoms with Crippen LogP contribution in [0, 0.1) is 11.8 Å². The molecule has 2 rings (SSSR count). The summed E-state index contributed by atoms with van der Waals surface area (Å²) in [5.41, 5.74) is 0. The number of nitrogens with one attached hydrogen (secondary N) is 1. The largest absolute Gasteiger partial charge is 0.480 e. The Labute approximate surface area is 83.6 Å². The summed E-state index contributed by atoms with van der Waals surface area (Å²) in [5.74, 6) is 0.500. The highest BCUT2D eigenvalue weighted by Gasteiger charge is 2.34. The van der Waals surface area contributed by atoms with Gasteiger partial charge in [0.15, 0.2) is 0 Å². The van der Waals surface area contributed by atoms with Crippen LogP contribution >= 0.6 is 0 Å². The molecule has 2 atom stereocenters. The van der Waals surface area contributed by atoms with Crippen molar-refractivity contribution < 1.29 is 14.6 Å². The van der Waals surface area contributed by atoms with Gasteiger partial charge >= 0.3 is 5.97 Å². The zero-order valence-electron chi connectivity index (χ0n) is 8.24. The Morgan fingerprint density at radius 3 is 2.57 bits per heavy atom. The molecule has 0 aromatic carbocycles. The lowest BCUT2D eigenvalue weighted by molar-refractivity contribution is -0.139. The minimum absolute atomic E-state index is 0.317. The predicted molar refractivity (Wildman–Crippen MR) is 51.1 cm³/mol. The highest BCUT2D eigenvalue weighted by atomic mass is 16.5. The van der Waals surface area contributed by atoms with Crippen molar-refractivity contribution in [2.45, 2.75) is 25.3 Å². The van der Waals surface area contributed by atoms with E-state index in [0.717, 1.165) is 39.0 Å². The van der Waals surface area contributed by atoms with Gasteiger partial charge in [-0.25, -0.2) is 0 Å². The smallest absolute Gasteiger partial charge is 0.320 e. The summed E-state index contributed by atoms with van der Waals surface area (Å²) in [6.07, 6.45) is 2.98.